The number of hydrogen-bond donors (Lipinski definition) is 1. The lowest BCUT2D eigenvalue weighted by Crippen LogP contribution is -2.48. The summed E-state index contributed by atoms with van der Waals surface area (Å²) in [5, 5.41) is 9.48. The Balaban J connectivity index is 2.36. The molecule has 0 radical (unpaired) electrons. The first-order valence-corrected chi connectivity index (χ1v) is 7.11. The van der Waals surface area contributed by atoms with E-state index in [0.29, 0.717) is 30.3 Å². The number of methoxy groups -OCH3 is 1. The Morgan fingerprint density at radius 3 is 2.90 bits per heavy atom. The first-order valence-electron chi connectivity index (χ1n) is 7.11. The summed E-state index contributed by atoms with van der Waals surface area (Å²) in [6.07, 6.45) is 4.00. The van der Waals surface area contributed by atoms with Gasteiger partial charge in [0, 0.05) is 12.7 Å². The van der Waals surface area contributed by atoms with Crippen LogP contribution in [0.25, 0.3) is 0 Å². The number of carbonyl (C=O) groups excluding carboxylic acids is 1. The van der Waals surface area contributed by atoms with E-state index in [9.17, 15) is 14.7 Å². The molecule has 1 N–H and O–H groups in total. The second-order valence-corrected chi connectivity index (χ2v) is 5.21. The van der Waals surface area contributed by atoms with Gasteiger partial charge in [0.15, 0.2) is 0 Å². The molecule has 1 fully saturated rings. The Hall–Kier alpha value is -2.11. The third kappa shape index (κ3) is 3.15. The van der Waals surface area contributed by atoms with Gasteiger partial charge in [-0.1, -0.05) is 13.3 Å². The molecule has 0 bridgehead atoms. The van der Waals surface area contributed by atoms with Crippen LogP contribution in [0.4, 0.5) is 5.82 Å². The van der Waals surface area contributed by atoms with Crippen LogP contribution in [-0.4, -0.2) is 41.7 Å². The van der Waals surface area contributed by atoms with Crippen LogP contribution in [-0.2, 0) is 9.53 Å². The van der Waals surface area contributed by atoms with Crippen LogP contribution in [0.3, 0.4) is 0 Å². The third-order valence-corrected chi connectivity index (χ3v) is 4.04. The number of carboxylic acids is 1. The number of pyridine rings is 1. The van der Waals surface area contributed by atoms with Crippen molar-refractivity contribution in [3.05, 3.63) is 23.9 Å². The van der Waals surface area contributed by atoms with Gasteiger partial charge in [-0.2, -0.15) is 0 Å². The van der Waals surface area contributed by atoms with E-state index in [1.807, 2.05) is 0 Å². The number of carbonyl (C=O) groups is 2. The van der Waals surface area contributed by atoms with Crippen LogP contribution in [0.1, 0.15) is 36.5 Å². The molecule has 0 spiro atoms. The average molecular weight is 292 g/mol. The van der Waals surface area contributed by atoms with Crippen LogP contribution >= 0.6 is 0 Å². The van der Waals surface area contributed by atoms with Crippen molar-refractivity contribution in [1.82, 2.24) is 4.98 Å². The number of ether oxygens (including phenoxy) is 1. The number of hydrogen-bond acceptors (Lipinski definition) is 5. The molecular formula is C15H20N2O4. The lowest BCUT2D eigenvalue weighted by molar-refractivity contribution is -0.139. The van der Waals surface area contributed by atoms with Crippen LogP contribution in [0, 0.1) is 5.92 Å². The number of carboxylic acid groups (broad SMARTS) is 1. The molecular weight excluding hydrogens is 272 g/mol. The lowest BCUT2D eigenvalue weighted by Gasteiger charge is -2.38. The Labute approximate surface area is 123 Å². The summed E-state index contributed by atoms with van der Waals surface area (Å²) >= 11 is 0. The number of aliphatic carboxylic acids is 1. The zero-order valence-corrected chi connectivity index (χ0v) is 12.3. The van der Waals surface area contributed by atoms with E-state index in [4.69, 9.17) is 4.74 Å². The molecule has 2 rings (SSSR count). The quantitative estimate of drug-likeness (QED) is 0.854. The zero-order chi connectivity index (χ0) is 15.4. The summed E-state index contributed by atoms with van der Waals surface area (Å²) in [4.78, 5) is 29.3. The molecule has 0 aliphatic carbocycles. The smallest absolute Gasteiger partial charge is 0.341 e. The first kappa shape index (κ1) is 15.3. The van der Waals surface area contributed by atoms with Gasteiger partial charge in [-0.05, 0) is 30.9 Å². The highest BCUT2D eigenvalue weighted by atomic mass is 16.5. The highest BCUT2D eigenvalue weighted by molar-refractivity contribution is 5.95. The van der Waals surface area contributed by atoms with Gasteiger partial charge in [0.2, 0.25) is 0 Å². The Bertz CT molecular complexity index is 532. The highest BCUT2D eigenvalue weighted by Crippen LogP contribution is 2.30. The Morgan fingerprint density at radius 1 is 1.52 bits per heavy atom. The van der Waals surface area contributed by atoms with Crippen molar-refractivity contribution in [3.8, 4) is 0 Å². The minimum absolute atomic E-state index is 0.307. The summed E-state index contributed by atoms with van der Waals surface area (Å²) in [5.41, 5.74) is 0.307. The van der Waals surface area contributed by atoms with E-state index in [-0.39, 0.29) is 0 Å². The maximum absolute atomic E-state index is 11.8. The van der Waals surface area contributed by atoms with E-state index in [1.165, 1.54) is 7.11 Å². The van der Waals surface area contributed by atoms with E-state index in [2.05, 4.69) is 11.9 Å². The molecule has 1 aliphatic heterocycles. The van der Waals surface area contributed by atoms with Gasteiger partial charge in [-0.25, -0.2) is 14.6 Å². The third-order valence-electron chi connectivity index (χ3n) is 4.04. The monoisotopic (exact) mass is 292 g/mol. The Morgan fingerprint density at radius 2 is 2.29 bits per heavy atom. The van der Waals surface area contributed by atoms with Crippen LogP contribution < -0.4 is 4.90 Å². The predicted molar refractivity (Wildman–Crippen MR) is 77.4 cm³/mol. The van der Waals surface area contributed by atoms with E-state index >= 15 is 0 Å². The molecule has 1 aromatic heterocycles. The largest absolute Gasteiger partial charge is 0.480 e. The molecule has 2 atom stereocenters. The highest BCUT2D eigenvalue weighted by Gasteiger charge is 2.35. The van der Waals surface area contributed by atoms with Crippen molar-refractivity contribution in [2.45, 2.75) is 32.2 Å². The van der Waals surface area contributed by atoms with Crippen molar-refractivity contribution in [2.75, 3.05) is 18.6 Å². The van der Waals surface area contributed by atoms with Crippen molar-refractivity contribution in [1.29, 1.82) is 0 Å². The van der Waals surface area contributed by atoms with Crippen molar-refractivity contribution >= 4 is 17.8 Å². The van der Waals surface area contributed by atoms with Crippen molar-refractivity contribution in [3.63, 3.8) is 0 Å². The molecule has 2 heterocycles. The molecule has 114 valence electrons. The van der Waals surface area contributed by atoms with Crippen molar-refractivity contribution < 1.29 is 19.4 Å². The Kier molecular flexibility index (Phi) is 4.77. The molecule has 6 nitrogen and oxygen atoms in total. The number of aromatic nitrogens is 1. The van der Waals surface area contributed by atoms with E-state index in [0.717, 1.165) is 12.8 Å². The summed E-state index contributed by atoms with van der Waals surface area (Å²) in [6.45, 7) is 2.65. The molecule has 0 amide bonds. The minimum atomic E-state index is -0.880. The van der Waals surface area contributed by atoms with Gasteiger partial charge in [0.05, 0.1) is 7.11 Å². The van der Waals surface area contributed by atoms with E-state index < -0.39 is 18.0 Å². The van der Waals surface area contributed by atoms with Crippen LogP contribution in [0.15, 0.2) is 18.3 Å². The lowest BCUT2D eigenvalue weighted by atomic mass is 9.88. The zero-order valence-electron chi connectivity index (χ0n) is 12.3. The normalized spacial score (nSPS) is 21.9. The molecule has 2 unspecified atom stereocenters. The van der Waals surface area contributed by atoms with E-state index in [1.54, 1.807) is 23.2 Å². The van der Waals surface area contributed by atoms with Crippen molar-refractivity contribution in [2.24, 2.45) is 5.92 Å². The van der Waals surface area contributed by atoms with Gasteiger partial charge in [0.1, 0.15) is 17.4 Å². The minimum Gasteiger partial charge on any atom is -0.480 e. The number of rotatable bonds is 4. The van der Waals surface area contributed by atoms with Crippen LogP contribution in [0.5, 0.6) is 0 Å². The maximum Gasteiger partial charge on any atom is 0.341 e. The number of piperidine rings is 1. The average Bonchev–Trinajstić information content (AvgIpc) is 2.53. The molecule has 0 saturated carbocycles. The second-order valence-electron chi connectivity index (χ2n) is 5.21. The van der Waals surface area contributed by atoms with Gasteiger partial charge in [0.25, 0.3) is 0 Å². The fourth-order valence-corrected chi connectivity index (χ4v) is 2.79. The predicted octanol–water partition coefficient (Wildman–Crippen LogP) is 1.95. The van der Waals surface area contributed by atoms with Gasteiger partial charge in [-0.15, -0.1) is 0 Å². The standard InChI is InChI=1S/C15H20N2O4/c1-3-10-6-8-17(12(9-10)14(18)19)13-11(15(20)21-2)5-4-7-16-13/h4-5,7,10,12H,3,6,8-9H2,1-2H3,(H,18,19). The summed E-state index contributed by atoms with van der Waals surface area (Å²) in [7, 11) is 1.30. The molecule has 1 aromatic rings. The van der Waals surface area contributed by atoms with Crippen LogP contribution in [0.2, 0.25) is 0 Å². The summed E-state index contributed by atoms with van der Waals surface area (Å²) in [5.74, 6) is -0.589. The van der Waals surface area contributed by atoms with Gasteiger partial charge < -0.3 is 14.7 Å². The maximum atomic E-state index is 11.8. The molecule has 21 heavy (non-hydrogen) atoms. The fraction of sp³-hybridized carbons (Fsp3) is 0.533. The number of nitrogens with zero attached hydrogens (tertiary/aromatic N) is 2. The molecule has 1 aliphatic rings. The summed E-state index contributed by atoms with van der Waals surface area (Å²) in [6, 6.07) is 2.60. The topological polar surface area (TPSA) is 79.7 Å². The number of esters is 1. The molecule has 1 saturated heterocycles. The van der Waals surface area contributed by atoms with Gasteiger partial charge >= 0.3 is 11.9 Å². The molecule has 6 heteroatoms. The fourth-order valence-electron chi connectivity index (χ4n) is 2.79. The first-order chi connectivity index (χ1) is 10.1. The number of anilines is 1. The molecule has 0 aromatic carbocycles. The second kappa shape index (κ2) is 6.56. The van der Waals surface area contributed by atoms with Gasteiger partial charge in [-0.3, -0.25) is 0 Å². The SMILES string of the molecule is CCC1CCN(c2ncccc2C(=O)OC)C(C(=O)O)C1. The summed E-state index contributed by atoms with van der Waals surface area (Å²) < 4.78 is 4.75.